The highest BCUT2D eigenvalue weighted by Crippen LogP contribution is 2.33. The summed E-state index contributed by atoms with van der Waals surface area (Å²) in [6.45, 7) is 0.231. The maximum absolute atomic E-state index is 13.1. The van der Waals surface area contributed by atoms with Crippen LogP contribution in [-0.4, -0.2) is 5.91 Å². The van der Waals surface area contributed by atoms with E-state index in [2.05, 4.69) is 10.6 Å². The van der Waals surface area contributed by atoms with Gasteiger partial charge in [0, 0.05) is 18.3 Å². The monoisotopic (exact) mass is 308 g/mol. The molecule has 1 heterocycles. The van der Waals surface area contributed by atoms with Crippen LogP contribution in [0, 0.1) is 11.6 Å². The van der Waals surface area contributed by atoms with Crippen LogP contribution in [0.15, 0.2) is 30.3 Å². The lowest BCUT2D eigenvalue weighted by atomic mass is 10.1. The summed E-state index contributed by atoms with van der Waals surface area (Å²) in [5.74, 6) is -1.33. The third kappa shape index (κ3) is 2.97. The molecule has 2 aromatic rings. The summed E-state index contributed by atoms with van der Waals surface area (Å²) in [6, 6.07) is 6.76. The molecule has 0 saturated carbocycles. The number of anilines is 2. The number of halogens is 3. The second kappa shape index (κ2) is 5.33. The molecule has 2 N–H and O–H groups in total. The lowest BCUT2D eigenvalue weighted by molar-refractivity contribution is -0.115. The first-order chi connectivity index (χ1) is 10.0. The number of rotatable bonds is 3. The van der Waals surface area contributed by atoms with Crippen LogP contribution in [0.2, 0.25) is 5.02 Å². The van der Waals surface area contributed by atoms with E-state index in [1.165, 1.54) is 12.1 Å². The van der Waals surface area contributed by atoms with Crippen LogP contribution in [0.25, 0.3) is 0 Å². The number of amides is 1. The van der Waals surface area contributed by atoms with Gasteiger partial charge in [0.05, 0.1) is 17.1 Å². The Hall–Kier alpha value is -2.14. The van der Waals surface area contributed by atoms with Crippen molar-refractivity contribution in [3.63, 3.8) is 0 Å². The van der Waals surface area contributed by atoms with Gasteiger partial charge < -0.3 is 10.6 Å². The second-order valence-corrected chi connectivity index (χ2v) is 5.25. The number of fused-ring (bicyclic) bond motifs is 1. The fraction of sp³-hybridized carbons (Fsp3) is 0.133. The molecule has 1 aliphatic rings. The molecule has 0 bridgehead atoms. The van der Waals surface area contributed by atoms with Crippen LogP contribution in [-0.2, 0) is 17.8 Å². The molecule has 0 radical (unpaired) electrons. The van der Waals surface area contributed by atoms with Gasteiger partial charge in [-0.05, 0) is 35.4 Å². The summed E-state index contributed by atoms with van der Waals surface area (Å²) >= 11 is 6.12. The molecule has 0 unspecified atom stereocenters. The Kier molecular flexibility index (Phi) is 3.51. The highest BCUT2D eigenvalue weighted by molar-refractivity contribution is 6.33. The third-order valence-electron chi connectivity index (χ3n) is 3.22. The van der Waals surface area contributed by atoms with Gasteiger partial charge in [-0.25, -0.2) is 8.78 Å². The molecule has 1 aliphatic heterocycles. The number of carbonyl (C=O) groups is 1. The zero-order valence-corrected chi connectivity index (χ0v) is 11.6. The van der Waals surface area contributed by atoms with Crippen molar-refractivity contribution in [1.82, 2.24) is 0 Å². The van der Waals surface area contributed by atoms with Gasteiger partial charge in [-0.2, -0.15) is 0 Å². The Balaban J connectivity index is 1.79. The molecule has 3 nitrogen and oxygen atoms in total. The van der Waals surface area contributed by atoms with Crippen molar-refractivity contribution in [3.8, 4) is 0 Å². The number of hydrogen-bond acceptors (Lipinski definition) is 2. The molecule has 6 heteroatoms. The van der Waals surface area contributed by atoms with Gasteiger partial charge in [-0.1, -0.05) is 11.6 Å². The first kappa shape index (κ1) is 13.8. The van der Waals surface area contributed by atoms with Crippen LogP contribution >= 0.6 is 11.6 Å². The minimum Gasteiger partial charge on any atom is -0.380 e. The maximum atomic E-state index is 13.1. The fourth-order valence-corrected chi connectivity index (χ4v) is 2.52. The Morgan fingerprint density at radius 1 is 1.14 bits per heavy atom. The molecule has 108 valence electrons. The summed E-state index contributed by atoms with van der Waals surface area (Å²) in [6.07, 6.45) is 0.301. The molecule has 0 aromatic heterocycles. The standard InChI is InChI=1S/C15H11ClF2N2O/c16-12-6-13-9(4-15(21)20-13)3-14(12)19-7-8-1-10(17)5-11(18)2-8/h1-3,5-6,19H,4,7H2,(H,20,21). The van der Waals surface area contributed by atoms with Gasteiger partial charge in [0.15, 0.2) is 0 Å². The summed E-state index contributed by atoms with van der Waals surface area (Å²) in [7, 11) is 0. The van der Waals surface area contributed by atoms with Crippen LogP contribution < -0.4 is 10.6 Å². The number of benzene rings is 2. The molecule has 0 fully saturated rings. The Morgan fingerprint density at radius 2 is 1.86 bits per heavy atom. The van der Waals surface area contributed by atoms with Gasteiger partial charge in [0.1, 0.15) is 11.6 Å². The van der Waals surface area contributed by atoms with Gasteiger partial charge in [-0.15, -0.1) is 0 Å². The van der Waals surface area contributed by atoms with Crippen LogP contribution in [0.3, 0.4) is 0 Å². The van der Waals surface area contributed by atoms with Crippen molar-refractivity contribution >= 4 is 28.9 Å². The topological polar surface area (TPSA) is 41.1 Å². The molecule has 3 rings (SSSR count). The zero-order chi connectivity index (χ0) is 15.0. The van der Waals surface area contributed by atoms with Crippen LogP contribution in [0.5, 0.6) is 0 Å². The molecule has 21 heavy (non-hydrogen) atoms. The van der Waals surface area contributed by atoms with E-state index in [4.69, 9.17) is 11.6 Å². The minimum atomic E-state index is -0.623. The lowest BCUT2D eigenvalue weighted by Gasteiger charge is -2.11. The predicted molar refractivity (Wildman–Crippen MR) is 77.5 cm³/mol. The van der Waals surface area contributed by atoms with Crippen LogP contribution in [0.4, 0.5) is 20.2 Å². The molecule has 1 amide bonds. The van der Waals surface area contributed by atoms with E-state index in [0.717, 1.165) is 11.6 Å². The Labute approximate surface area is 124 Å². The SMILES string of the molecule is O=C1Cc2cc(NCc3cc(F)cc(F)c3)c(Cl)cc2N1. The van der Waals surface area contributed by atoms with Crippen LogP contribution in [0.1, 0.15) is 11.1 Å². The van der Waals surface area contributed by atoms with Crippen molar-refractivity contribution < 1.29 is 13.6 Å². The summed E-state index contributed by atoms with van der Waals surface area (Å²) in [4.78, 5) is 11.3. The van der Waals surface area contributed by atoms with E-state index in [9.17, 15) is 13.6 Å². The van der Waals surface area contributed by atoms with E-state index in [1.54, 1.807) is 12.1 Å². The Bertz CT molecular complexity index is 714. The molecular formula is C15H11ClF2N2O. The second-order valence-electron chi connectivity index (χ2n) is 4.85. The number of nitrogens with one attached hydrogen (secondary N) is 2. The smallest absolute Gasteiger partial charge is 0.228 e. The summed E-state index contributed by atoms with van der Waals surface area (Å²) < 4.78 is 26.2. The van der Waals surface area contributed by atoms with E-state index < -0.39 is 11.6 Å². The zero-order valence-electron chi connectivity index (χ0n) is 10.8. The first-order valence-electron chi connectivity index (χ1n) is 6.32. The first-order valence-corrected chi connectivity index (χ1v) is 6.70. The quantitative estimate of drug-likeness (QED) is 0.907. The van der Waals surface area contributed by atoms with E-state index in [0.29, 0.717) is 28.4 Å². The molecule has 0 aliphatic carbocycles. The molecule has 0 saturated heterocycles. The van der Waals surface area contributed by atoms with E-state index >= 15 is 0 Å². The van der Waals surface area contributed by atoms with Crippen molar-refractivity contribution in [2.75, 3.05) is 10.6 Å². The molecule has 0 atom stereocenters. The van der Waals surface area contributed by atoms with Crippen molar-refractivity contribution in [2.45, 2.75) is 13.0 Å². The average molecular weight is 309 g/mol. The largest absolute Gasteiger partial charge is 0.380 e. The normalized spacial score (nSPS) is 13.0. The van der Waals surface area contributed by atoms with Crippen molar-refractivity contribution in [1.29, 1.82) is 0 Å². The van der Waals surface area contributed by atoms with Crippen molar-refractivity contribution in [2.24, 2.45) is 0 Å². The van der Waals surface area contributed by atoms with Gasteiger partial charge in [0.2, 0.25) is 5.91 Å². The summed E-state index contributed by atoms with van der Waals surface area (Å²) in [5, 5.41) is 6.17. The van der Waals surface area contributed by atoms with Gasteiger partial charge >= 0.3 is 0 Å². The highest BCUT2D eigenvalue weighted by Gasteiger charge is 2.19. The maximum Gasteiger partial charge on any atom is 0.228 e. The molecule has 0 spiro atoms. The molecule has 2 aromatic carbocycles. The van der Waals surface area contributed by atoms with Gasteiger partial charge in [-0.3, -0.25) is 4.79 Å². The minimum absolute atomic E-state index is 0.0783. The van der Waals surface area contributed by atoms with Gasteiger partial charge in [0.25, 0.3) is 0 Å². The lowest BCUT2D eigenvalue weighted by Crippen LogP contribution is -2.03. The van der Waals surface area contributed by atoms with E-state index in [-0.39, 0.29) is 12.5 Å². The summed E-state index contributed by atoms with van der Waals surface area (Å²) in [5.41, 5.74) is 2.64. The third-order valence-corrected chi connectivity index (χ3v) is 3.54. The number of carbonyl (C=O) groups excluding carboxylic acids is 1. The average Bonchev–Trinajstić information content (AvgIpc) is 2.74. The fourth-order valence-electron chi connectivity index (χ4n) is 2.29. The van der Waals surface area contributed by atoms with Crippen molar-refractivity contribution in [3.05, 3.63) is 58.1 Å². The molecular weight excluding hydrogens is 298 g/mol. The van der Waals surface area contributed by atoms with E-state index in [1.807, 2.05) is 0 Å². The Morgan fingerprint density at radius 3 is 2.57 bits per heavy atom. The predicted octanol–water partition coefficient (Wildman–Crippen LogP) is 3.72. The number of hydrogen-bond donors (Lipinski definition) is 2. The highest BCUT2D eigenvalue weighted by atomic mass is 35.5.